The van der Waals surface area contributed by atoms with Gasteiger partial charge in [-0.05, 0) is 30.3 Å². The summed E-state index contributed by atoms with van der Waals surface area (Å²) < 4.78 is 55.9. The minimum absolute atomic E-state index is 0.0198. The minimum atomic E-state index is -4.36. The molecule has 2 aromatic rings. The third-order valence-electron chi connectivity index (χ3n) is 3.51. The summed E-state index contributed by atoms with van der Waals surface area (Å²) in [6.45, 7) is 0.123. The van der Waals surface area contributed by atoms with E-state index in [1.165, 1.54) is 18.2 Å². The highest BCUT2D eigenvalue weighted by molar-refractivity contribution is 7.91. The predicted octanol–water partition coefficient (Wildman–Crippen LogP) is 2.73. The fourth-order valence-corrected chi connectivity index (χ4v) is 4.40. The van der Waals surface area contributed by atoms with Crippen LogP contribution in [0.5, 0.6) is 0 Å². The Labute approximate surface area is 152 Å². The lowest BCUT2D eigenvalue weighted by atomic mass is 10.2. The Bertz CT molecular complexity index is 915. The van der Waals surface area contributed by atoms with E-state index in [-0.39, 0.29) is 28.8 Å². The smallest absolute Gasteiger partial charge is 0.294 e. The van der Waals surface area contributed by atoms with E-state index in [0.717, 1.165) is 0 Å². The van der Waals surface area contributed by atoms with E-state index in [0.29, 0.717) is 11.4 Å². The Balaban J connectivity index is 2.39. The average Bonchev–Trinajstić information content (AvgIpc) is 2.55. The first-order valence-corrected chi connectivity index (χ1v) is 11.2. The van der Waals surface area contributed by atoms with Crippen molar-refractivity contribution >= 4 is 42.9 Å². The molecule has 0 saturated carbocycles. The third kappa shape index (κ3) is 5.71. The molecule has 0 atom stereocenters. The van der Waals surface area contributed by atoms with Gasteiger partial charge in [-0.15, -0.1) is 11.6 Å². The highest BCUT2D eigenvalue weighted by atomic mass is 35.5. The standard InChI is InChI=1S/C16H18ClNO5S2/c17-9-11-24(19,20)12-10-18(14-5-2-1-3-6-14)15-7-4-8-16(13-15)25(21,22)23/h1-8,13H,9-12H2,(H,21,22,23). The van der Waals surface area contributed by atoms with E-state index in [1.54, 1.807) is 35.2 Å². The van der Waals surface area contributed by atoms with Gasteiger partial charge in [0.25, 0.3) is 10.1 Å². The Kier molecular flexibility index (Phi) is 6.45. The van der Waals surface area contributed by atoms with Gasteiger partial charge >= 0.3 is 0 Å². The van der Waals surface area contributed by atoms with Crippen LogP contribution in [-0.4, -0.2) is 45.3 Å². The van der Waals surface area contributed by atoms with Gasteiger partial charge in [-0.25, -0.2) is 8.42 Å². The molecule has 0 saturated heterocycles. The molecule has 0 heterocycles. The van der Waals surface area contributed by atoms with Gasteiger partial charge in [-0.1, -0.05) is 24.3 Å². The highest BCUT2D eigenvalue weighted by Gasteiger charge is 2.17. The fraction of sp³-hybridized carbons (Fsp3) is 0.250. The van der Waals surface area contributed by atoms with Crippen LogP contribution in [0, 0.1) is 0 Å². The molecule has 136 valence electrons. The van der Waals surface area contributed by atoms with Crippen molar-refractivity contribution in [3.05, 3.63) is 54.6 Å². The molecule has 0 bridgehead atoms. The van der Waals surface area contributed by atoms with Gasteiger partial charge in [0.05, 0.1) is 16.4 Å². The van der Waals surface area contributed by atoms with Crippen molar-refractivity contribution in [2.24, 2.45) is 0 Å². The molecule has 0 fully saturated rings. The number of rotatable bonds is 8. The number of alkyl halides is 1. The molecular weight excluding hydrogens is 386 g/mol. The number of benzene rings is 2. The SMILES string of the molecule is O=S(=O)(CCCl)CCN(c1ccccc1)c1cccc(S(=O)(=O)O)c1. The summed E-state index contributed by atoms with van der Waals surface area (Å²) >= 11 is 5.52. The Hall–Kier alpha value is -1.61. The molecule has 25 heavy (non-hydrogen) atoms. The van der Waals surface area contributed by atoms with Crippen molar-refractivity contribution < 1.29 is 21.4 Å². The molecule has 0 aliphatic carbocycles. The average molecular weight is 404 g/mol. The Morgan fingerprint density at radius 2 is 1.52 bits per heavy atom. The normalized spacial score (nSPS) is 12.1. The zero-order valence-electron chi connectivity index (χ0n) is 13.2. The molecule has 2 rings (SSSR count). The molecule has 0 unspecified atom stereocenters. The molecule has 0 aliphatic rings. The van der Waals surface area contributed by atoms with E-state index in [2.05, 4.69) is 0 Å². The largest absolute Gasteiger partial charge is 0.340 e. The van der Waals surface area contributed by atoms with Crippen LogP contribution in [0.4, 0.5) is 11.4 Å². The molecule has 9 heteroatoms. The number of sulfone groups is 1. The van der Waals surface area contributed by atoms with Crippen LogP contribution in [0.15, 0.2) is 59.5 Å². The lowest BCUT2D eigenvalue weighted by Gasteiger charge is -2.25. The van der Waals surface area contributed by atoms with Crippen molar-refractivity contribution in [3.8, 4) is 0 Å². The van der Waals surface area contributed by atoms with Crippen molar-refractivity contribution in [1.29, 1.82) is 0 Å². The zero-order chi connectivity index (χ0) is 18.5. The number of hydrogen-bond donors (Lipinski definition) is 1. The summed E-state index contributed by atoms with van der Waals surface area (Å²) in [5.74, 6) is -0.237. The molecule has 0 aliphatic heterocycles. The molecular formula is C16H18ClNO5S2. The van der Waals surface area contributed by atoms with Crippen molar-refractivity contribution in [2.75, 3.05) is 28.8 Å². The summed E-state index contributed by atoms with van der Waals surface area (Å²) in [5, 5.41) is 0. The lowest BCUT2D eigenvalue weighted by Crippen LogP contribution is -2.26. The van der Waals surface area contributed by atoms with Crippen molar-refractivity contribution in [2.45, 2.75) is 4.90 Å². The van der Waals surface area contributed by atoms with Crippen LogP contribution >= 0.6 is 11.6 Å². The molecule has 6 nitrogen and oxygen atoms in total. The van der Waals surface area contributed by atoms with Crippen LogP contribution in [0.1, 0.15) is 0 Å². The van der Waals surface area contributed by atoms with Gasteiger partial charge in [-0.2, -0.15) is 8.42 Å². The second kappa shape index (κ2) is 8.18. The van der Waals surface area contributed by atoms with Crippen LogP contribution in [0.25, 0.3) is 0 Å². The molecule has 0 radical (unpaired) electrons. The monoisotopic (exact) mass is 403 g/mol. The highest BCUT2D eigenvalue weighted by Crippen LogP contribution is 2.27. The number of hydrogen-bond acceptors (Lipinski definition) is 5. The van der Waals surface area contributed by atoms with E-state index in [9.17, 15) is 21.4 Å². The van der Waals surface area contributed by atoms with Gasteiger partial charge in [0.2, 0.25) is 0 Å². The topological polar surface area (TPSA) is 91.8 Å². The maximum absolute atomic E-state index is 12.0. The number of nitrogens with zero attached hydrogens (tertiary/aromatic N) is 1. The van der Waals surface area contributed by atoms with Crippen LogP contribution in [0.3, 0.4) is 0 Å². The number of anilines is 2. The van der Waals surface area contributed by atoms with E-state index in [1.807, 2.05) is 6.07 Å². The summed E-state index contributed by atoms with van der Waals surface area (Å²) in [4.78, 5) is 1.43. The van der Waals surface area contributed by atoms with E-state index in [4.69, 9.17) is 11.6 Å². The molecule has 2 aromatic carbocycles. The summed E-state index contributed by atoms with van der Waals surface area (Å²) in [7, 11) is -7.68. The first-order chi connectivity index (χ1) is 11.7. The summed E-state index contributed by atoms with van der Waals surface area (Å²) in [6, 6.07) is 14.7. The van der Waals surface area contributed by atoms with Crippen LogP contribution in [-0.2, 0) is 20.0 Å². The molecule has 1 N–H and O–H groups in total. The van der Waals surface area contributed by atoms with Gasteiger partial charge in [0.1, 0.15) is 0 Å². The maximum atomic E-state index is 12.0. The molecule has 0 amide bonds. The second-order valence-electron chi connectivity index (χ2n) is 5.30. The molecule has 0 aromatic heterocycles. The first-order valence-electron chi connectivity index (χ1n) is 7.39. The second-order valence-corrected chi connectivity index (χ2v) is 9.40. The summed E-state index contributed by atoms with van der Waals surface area (Å²) in [6.07, 6.45) is 0. The number of para-hydroxylation sites is 1. The van der Waals surface area contributed by atoms with Crippen LogP contribution in [0.2, 0.25) is 0 Å². The Morgan fingerprint density at radius 3 is 2.12 bits per heavy atom. The minimum Gasteiger partial charge on any atom is -0.340 e. The molecule has 0 spiro atoms. The van der Waals surface area contributed by atoms with Crippen LogP contribution < -0.4 is 4.90 Å². The van der Waals surface area contributed by atoms with Gasteiger partial charge < -0.3 is 4.90 Å². The Morgan fingerprint density at radius 1 is 0.880 bits per heavy atom. The van der Waals surface area contributed by atoms with Gasteiger partial charge in [-0.3, -0.25) is 4.55 Å². The van der Waals surface area contributed by atoms with Crippen molar-refractivity contribution in [3.63, 3.8) is 0 Å². The van der Waals surface area contributed by atoms with Gasteiger partial charge in [0.15, 0.2) is 9.84 Å². The lowest BCUT2D eigenvalue weighted by molar-refractivity contribution is 0.483. The zero-order valence-corrected chi connectivity index (χ0v) is 15.6. The summed E-state index contributed by atoms with van der Waals surface area (Å²) in [5.41, 5.74) is 1.17. The van der Waals surface area contributed by atoms with E-state index >= 15 is 0 Å². The fourth-order valence-electron chi connectivity index (χ4n) is 2.28. The van der Waals surface area contributed by atoms with Crippen molar-refractivity contribution in [1.82, 2.24) is 0 Å². The third-order valence-corrected chi connectivity index (χ3v) is 6.40. The quantitative estimate of drug-likeness (QED) is 0.538. The van der Waals surface area contributed by atoms with E-state index < -0.39 is 20.0 Å². The first kappa shape index (κ1) is 19.7. The van der Waals surface area contributed by atoms with Gasteiger partial charge in [0, 0.05) is 23.8 Å². The predicted molar refractivity (Wildman–Crippen MR) is 99.1 cm³/mol. The number of halogens is 1. The maximum Gasteiger partial charge on any atom is 0.294 e.